The number of halogens is 2. The number of aliphatic hydroxyl groups excluding tert-OH is 1. The van der Waals surface area contributed by atoms with Crippen molar-refractivity contribution in [2.45, 2.75) is 12.5 Å². The third-order valence-corrected chi connectivity index (χ3v) is 2.91. The van der Waals surface area contributed by atoms with Gasteiger partial charge < -0.3 is 10.2 Å². The molecule has 0 amide bonds. The van der Waals surface area contributed by atoms with Crippen LogP contribution in [0.1, 0.15) is 28.4 Å². The van der Waals surface area contributed by atoms with Crippen molar-refractivity contribution in [2.24, 2.45) is 0 Å². The number of benzene rings is 1. The van der Waals surface area contributed by atoms with Crippen LogP contribution in [0.4, 0.5) is 0 Å². The van der Waals surface area contributed by atoms with Gasteiger partial charge in [-0.1, -0.05) is 27.5 Å². The van der Waals surface area contributed by atoms with Crippen LogP contribution in [0.25, 0.3) is 0 Å². The van der Waals surface area contributed by atoms with Gasteiger partial charge in [-0.25, -0.2) is 4.79 Å². The molecule has 1 atom stereocenters. The van der Waals surface area contributed by atoms with Crippen LogP contribution in [0.2, 0.25) is 5.02 Å². The highest BCUT2D eigenvalue weighted by Gasteiger charge is 2.20. The molecule has 2 N–H and O–H groups in total. The normalized spacial score (nSPS) is 12.2. The molecule has 0 aliphatic rings. The molecular formula is C11H10BrClO4. The molecule has 0 saturated carbocycles. The van der Waals surface area contributed by atoms with Crippen LogP contribution in [-0.2, 0) is 4.79 Å². The fourth-order valence-electron chi connectivity index (χ4n) is 1.29. The molecule has 0 heterocycles. The van der Waals surface area contributed by atoms with Crippen molar-refractivity contribution >= 4 is 39.3 Å². The van der Waals surface area contributed by atoms with E-state index in [2.05, 4.69) is 15.9 Å². The zero-order valence-electron chi connectivity index (χ0n) is 8.69. The summed E-state index contributed by atoms with van der Waals surface area (Å²) in [5.41, 5.74) is 0.365. The van der Waals surface area contributed by atoms with Gasteiger partial charge in [0, 0.05) is 27.9 Å². The zero-order chi connectivity index (χ0) is 13.0. The molecule has 0 spiro atoms. The summed E-state index contributed by atoms with van der Waals surface area (Å²) < 4.78 is 0. The molecule has 17 heavy (non-hydrogen) atoms. The molecule has 4 nitrogen and oxygen atoms in total. The predicted molar refractivity (Wildman–Crippen MR) is 66.8 cm³/mol. The van der Waals surface area contributed by atoms with E-state index in [-0.39, 0.29) is 16.4 Å². The molecule has 0 fully saturated rings. The highest BCUT2D eigenvalue weighted by molar-refractivity contribution is 9.09. The topological polar surface area (TPSA) is 74.6 Å². The maximum Gasteiger partial charge on any atom is 0.337 e. The van der Waals surface area contributed by atoms with E-state index >= 15 is 0 Å². The number of carbonyl (C=O) groups is 2. The van der Waals surface area contributed by atoms with E-state index in [0.29, 0.717) is 17.3 Å². The molecule has 1 aromatic carbocycles. The van der Waals surface area contributed by atoms with Gasteiger partial charge in [-0.2, -0.15) is 0 Å². The second-order valence-corrected chi connectivity index (χ2v) is 4.54. The Hall–Kier alpha value is -0.910. The Morgan fingerprint density at radius 1 is 1.41 bits per heavy atom. The standard InChI is InChI=1S/C11H10BrClO4/c12-4-3-9(14)6-1-2-8(13)7(5-6)10(15)11(16)17/h1-2,5,10,15H,3-4H2,(H,16,17). The summed E-state index contributed by atoms with van der Waals surface area (Å²) in [6, 6.07) is 4.22. The third-order valence-electron chi connectivity index (χ3n) is 2.17. The molecule has 0 aliphatic heterocycles. The SMILES string of the molecule is O=C(CCBr)c1ccc(Cl)c(C(O)C(=O)O)c1. The van der Waals surface area contributed by atoms with Gasteiger partial charge in [0.1, 0.15) is 0 Å². The van der Waals surface area contributed by atoms with Gasteiger partial charge >= 0.3 is 5.97 Å². The lowest BCUT2D eigenvalue weighted by molar-refractivity contribution is -0.146. The van der Waals surface area contributed by atoms with E-state index in [1.165, 1.54) is 18.2 Å². The minimum Gasteiger partial charge on any atom is -0.479 e. The van der Waals surface area contributed by atoms with Crippen LogP contribution in [-0.4, -0.2) is 27.3 Å². The van der Waals surface area contributed by atoms with Crippen LogP contribution in [0.5, 0.6) is 0 Å². The molecule has 92 valence electrons. The average Bonchev–Trinajstić information content (AvgIpc) is 2.28. The number of rotatable bonds is 5. The lowest BCUT2D eigenvalue weighted by Gasteiger charge is -2.09. The molecule has 1 aromatic rings. The largest absolute Gasteiger partial charge is 0.479 e. The van der Waals surface area contributed by atoms with Crippen LogP contribution >= 0.6 is 27.5 Å². The van der Waals surface area contributed by atoms with E-state index in [1.807, 2.05) is 0 Å². The van der Waals surface area contributed by atoms with Crippen LogP contribution in [0, 0.1) is 0 Å². The van der Waals surface area contributed by atoms with Crippen molar-refractivity contribution in [2.75, 3.05) is 5.33 Å². The Kier molecular flexibility index (Phi) is 5.11. The van der Waals surface area contributed by atoms with Crippen LogP contribution < -0.4 is 0 Å². The summed E-state index contributed by atoms with van der Waals surface area (Å²) >= 11 is 8.92. The molecular weight excluding hydrogens is 311 g/mol. The first-order chi connectivity index (χ1) is 7.97. The van der Waals surface area contributed by atoms with Crippen LogP contribution in [0.3, 0.4) is 0 Å². The summed E-state index contributed by atoms with van der Waals surface area (Å²) in [5, 5.41) is 18.7. The van der Waals surface area contributed by atoms with Gasteiger partial charge in [0.2, 0.25) is 0 Å². The number of aliphatic hydroxyl groups is 1. The van der Waals surface area contributed by atoms with Crippen molar-refractivity contribution in [3.63, 3.8) is 0 Å². The Bertz CT molecular complexity index is 447. The molecule has 6 heteroatoms. The molecule has 0 radical (unpaired) electrons. The number of hydrogen-bond acceptors (Lipinski definition) is 3. The highest BCUT2D eigenvalue weighted by Crippen LogP contribution is 2.25. The number of hydrogen-bond donors (Lipinski definition) is 2. The first kappa shape index (κ1) is 14.2. The Balaban J connectivity index is 3.10. The fourth-order valence-corrected chi connectivity index (χ4v) is 1.87. The molecule has 0 aromatic heterocycles. The lowest BCUT2D eigenvalue weighted by atomic mass is 10.0. The maximum absolute atomic E-state index is 11.6. The smallest absolute Gasteiger partial charge is 0.337 e. The van der Waals surface area contributed by atoms with Gasteiger partial charge in [0.05, 0.1) is 0 Å². The quantitative estimate of drug-likeness (QED) is 0.645. The summed E-state index contributed by atoms with van der Waals surface area (Å²) in [5.74, 6) is -1.55. The summed E-state index contributed by atoms with van der Waals surface area (Å²) in [6.45, 7) is 0. The first-order valence-corrected chi connectivity index (χ1v) is 6.26. The minimum absolute atomic E-state index is 0.0274. The van der Waals surface area contributed by atoms with Crippen molar-refractivity contribution in [1.29, 1.82) is 0 Å². The van der Waals surface area contributed by atoms with Gasteiger partial charge in [-0.05, 0) is 18.2 Å². The van der Waals surface area contributed by atoms with E-state index in [9.17, 15) is 14.7 Å². The lowest BCUT2D eigenvalue weighted by Crippen LogP contribution is -2.12. The fraction of sp³-hybridized carbons (Fsp3) is 0.273. The first-order valence-electron chi connectivity index (χ1n) is 4.77. The van der Waals surface area contributed by atoms with E-state index in [1.54, 1.807) is 0 Å². The molecule has 0 aliphatic carbocycles. The molecule has 1 unspecified atom stereocenters. The number of carboxylic acid groups (broad SMARTS) is 1. The Morgan fingerprint density at radius 2 is 2.06 bits per heavy atom. The monoisotopic (exact) mass is 320 g/mol. The predicted octanol–water partition coefficient (Wildman–Crippen LogP) is 2.43. The van der Waals surface area contributed by atoms with Crippen molar-refractivity contribution in [3.8, 4) is 0 Å². The summed E-state index contributed by atoms with van der Waals surface area (Å²) in [6.07, 6.45) is -1.43. The zero-order valence-corrected chi connectivity index (χ0v) is 11.0. The molecule has 1 rings (SSSR count). The average molecular weight is 322 g/mol. The van der Waals surface area contributed by atoms with Crippen LogP contribution in [0.15, 0.2) is 18.2 Å². The van der Waals surface area contributed by atoms with E-state index < -0.39 is 12.1 Å². The van der Waals surface area contributed by atoms with E-state index in [0.717, 1.165) is 0 Å². The second kappa shape index (κ2) is 6.14. The molecule has 0 saturated heterocycles. The summed E-state index contributed by atoms with van der Waals surface area (Å²) in [7, 11) is 0. The van der Waals surface area contributed by atoms with Gasteiger partial charge in [-0.15, -0.1) is 0 Å². The minimum atomic E-state index is -1.72. The van der Waals surface area contributed by atoms with Gasteiger partial charge in [0.25, 0.3) is 0 Å². The van der Waals surface area contributed by atoms with Crippen molar-refractivity contribution in [3.05, 3.63) is 34.3 Å². The van der Waals surface area contributed by atoms with Gasteiger partial charge in [0.15, 0.2) is 11.9 Å². The number of ketones is 1. The van der Waals surface area contributed by atoms with Crippen molar-refractivity contribution < 1.29 is 19.8 Å². The maximum atomic E-state index is 11.6. The third kappa shape index (κ3) is 3.52. The Morgan fingerprint density at radius 3 is 2.59 bits per heavy atom. The van der Waals surface area contributed by atoms with E-state index in [4.69, 9.17) is 16.7 Å². The number of Topliss-reactive ketones (excluding diaryl/α,β-unsaturated/α-hetero) is 1. The number of alkyl halides is 1. The number of aliphatic carboxylic acids is 1. The number of carboxylic acids is 1. The van der Waals surface area contributed by atoms with Crippen molar-refractivity contribution in [1.82, 2.24) is 0 Å². The number of carbonyl (C=O) groups excluding carboxylic acids is 1. The Labute approximate surface area is 111 Å². The highest BCUT2D eigenvalue weighted by atomic mass is 79.9. The summed E-state index contributed by atoms with van der Waals surface area (Å²) in [4.78, 5) is 22.3. The second-order valence-electron chi connectivity index (χ2n) is 3.34. The molecule has 0 bridgehead atoms. The van der Waals surface area contributed by atoms with Gasteiger partial charge in [-0.3, -0.25) is 4.79 Å².